The van der Waals surface area contributed by atoms with Crippen molar-refractivity contribution in [2.75, 3.05) is 0 Å². The van der Waals surface area contributed by atoms with Gasteiger partial charge in [0.2, 0.25) is 0 Å². The second-order valence-electron chi connectivity index (χ2n) is 6.01. The molecular formula is C19H28N2O. The summed E-state index contributed by atoms with van der Waals surface area (Å²) < 4.78 is 0. The summed E-state index contributed by atoms with van der Waals surface area (Å²) in [6.07, 6.45) is 5.66. The number of amides is 1. The molecular weight excluding hydrogens is 272 g/mol. The molecule has 0 aliphatic carbocycles. The lowest BCUT2D eigenvalue weighted by atomic mass is 10.0. The Bertz CT molecular complexity index is 552. The first-order valence-corrected chi connectivity index (χ1v) is 7.93. The highest BCUT2D eigenvalue weighted by molar-refractivity contribution is 5.96. The summed E-state index contributed by atoms with van der Waals surface area (Å²) in [5, 5.41) is 2.94. The summed E-state index contributed by atoms with van der Waals surface area (Å²) in [6.45, 7) is 8.70. The molecule has 0 fully saturated rings. The fourth-order valence-corrected chi connectivity index (χ4v) is 2.24. The molecule has 0 aliphatic rings. The standard InChI is InChI=1S/C19H28N2O/c1-5-6-10-18(15(4)20)19(22)21-13-17-9-7-8-16(12-17)11-14(2)3/h6-10,12,14H,5,11,13,20H2,1-4H3,(H,21,22)/b10-6-,18-15-. The lowest BCUT2D eigenvalue weighted by Crippen LogP contribution is -2.25. The van der Waals surface area contributed by atoms with Gasteiger partial charge < -0.3 is 11.1 Å². The Morgan fingerprint density at radius 3 is 2.59 bits per heavy atom. The van der Waals surface area contributed by atoms with Crippen molar-refractivity contribution in [3.63, 3.8) is 0 Å². The third kappa shape index (κ3) is 6.17. The van der Waals surface area contributed by atoms with E-state index in [-0.39, 0.29) is 5.91 Å². The molecule has 0 aliphatic heterocycles. The Labute approximate surface area is 134 Å². The van der Waals surface area contributed by atoms with E-state index >= 15 is 0 Å². The van der Waals surface area contributed by atoms with Gasteiger partial charge in [-0.3, -0.25) is 4.79 Å². The molecule has 1 amide bonds. The molecule has 3 nitrogen and oxygen atoms in total. The highest BCUT2D eigenvalue weighted by Gasteiger charge is 2.08. The van der Waals surface area contributed by atoms with Crippen molar-refractivity contribution in [3.8, 4) is 0 Å². The Hall–Kier alpha value is -2.03. The van der Waals surface area contributed by atoms with Crippen LogP contribution in [0.15, 0.2) is 47.7 Å². The molecule has 0 saturated heterocycles. The van der Waals surface area contributed by atoms with Gasteiger partial charge in [0, 0.05) is 12.2 Å². The number of nitrogens with one attached hydrogen (secondary N) is 1. The summed E-state index contributed by atoms with van der Waals surface area (Å²) >= 11 is 0. The number of benzene rings is 1. The van der Waals surface area contributed by atoms with Crippen molar-refractivity contribution in [3.05, 3.63) is 58.8 Å². The molecule has 1 aromatic carbocycles. The molecule has 0 aromatic heterocycles. The van der Waals surface area contributed by atoms with E-state index in [4.69, 9.17) is 5.73 Å². The highest BCUT2D eigenvalue weighted by atomic mass is 16.1. The number of carbonyl (C=O) groups is 1. The van der Waals surface area contributed by atoms with Gasteiger partial charge in [-0.05, 0) is 36.8 Å². The summed E-state index contributed by atoms with van der Waals surface area (Å²) in [6, 6.07) is 8.36. The third-order valence-electron chi connectivity index (χ3n) is 3.28. The molecule has 0 saturated carbocycles. The molecule has 120 valence electrons. The normalized spacial score (nSPS) is 12.6. The van der Waals surface area contributed by atoms with Gasteiger partial charge in [0.15, 0.2) is 0 Å². The van der Waals surface area contributed by atoms with Gasteiger partial charge in [0.25, 0.3) is 5.91 Å². The van der Waals surface area contributed by atoms with E-state index in [0.29, 0.717) is 23.7 Å². The van der Waals surface area contributed by atoms with Crippen LogP contribution in [0.3, 0.4) is 0 Å². The molecule has 22 heavy (non-hydrogen) atoms. The van der Waals surface area contributed by atoms with Crippen LogP contribution >= 0.6 is 0 Å². The van der Waals surface area contributed by atoms with Gasteiger partial charge in [0.1, 0.15) is 0 Å². The van der Waals surface area contributed by atoms with Crippen molar-refractivity contribution in [2.24, 2.45) is 11.7 Å². The van der Waals surface area contributed by atoms with Gasteiger partial charge >= 0.3 is 0 Å². The number of carbonyl (C=O) groups excluding carboxylic acids is 1. The fraction of sp³-hybridized carbons (Fsp3) is 0.421. The monoisotopic (exact) mass is 300 g/mol. The zero-order chi connectivity index (χ0) is 16.5. The number of rotatable bonds is 7. The maximum atomic E-state index is 12.2. The van der Waals surface area contributed by atoms with Crippen molar-refractivity contribution in [2.45, 2.75) is 47.1 Å². The van der Waals surface area contributed by atoms with E-state index < -0.39 is 0 Å². The van der Waals surface area contributed by atoms with E-state index in [2.05, 4.69) is 31.3 Å². The van der Waals surface area contributed by atoms with E-state index in [0.717, 1.165) is 18.4 Å². The molecule has 0 bridgehead atoms. The van der Waals surface area contributed by atoms with Gasteiger partial charge in [0.05, 0.1) is 5.57 Å². The Kier molecular flexibility index (Phi) is 7.44. The molecule has 0 spiro atoms. The number of hydrogen-bond donors (Lipinski definition) is 2. The second-order valence-corrected chi connectivity index (χ2v) is 6.01. The number of nitrogens with two attached hydrogens (primary N) is 1. The van der Waals surface area contributed by atoms with Gasteiger partial charge in [-0.25, -0.2) is 0 Å². The first-order valence-electron chi connectivity index (χ1n) is 7.93. The van der Waals surface area contributed by atoms with E-state index in [9.17, 15) is 4.79 Å². The minimum absolute atomic E-state index is 0.126. The van der Waals surface area contributed by atoms with Crippen LogP contribution in [-0.4, -0.2) is 5.91 Å². The van der Waals surface area contributed by atoms with Crippen LogP contribution < -0.4 is 11.1 Å². The van der Waals surface area contributed by atoms with E-state index in [1.165, 1.54) is 5.56 Å². The van der Waals surface area contributed by atoms with Gasteiger partial charge in [-0.1, -0.05) is 57.2 Å². The van der Waals surface area contributed by atoms with Crippen molar-refractivity contribution in [1.29, 1.82) is 0 Å². The van der Waals surface area contributed by atoms with Gasteiger partial charge in [-0.2, -0.15) is 0 Å². The molecule has 0 unspecified atom stereocenters. The molecule has 0 radical (unpaired) electrons. The fourth-order valence-electron chi connectivity index (χ4n) is 2.24. The lowest BCUT2D eigenvalue weighted by Gasteiger charge is -2.10. The summed E-state index contributed by atoms with van der Waals surface area (Å²) in [4.78, 5) is 12.2. The summed E-state index contributed by atoms with van der Waals surface area (Å²) in [7, 11) is 0. The van der Waals surface area contributed by atoms with Crippen molar-refractivity contribution in [1.82, 2.24) is 5.32 Å². The van der Waals surface area contributed by atoms with Crippen molar-refractivity contribution >= 4 is 5.91 Å². The Morgan fingerprint density at radius 1 is 1.32 bits per heavy atom. The SMILES string of the molecule is CC/C=C\C(C(=O)NCc1cccc(CC(C)C)c1)=C(/C)N. The zero-order valence-corrected chi connectivity index (χ0v) is 14.1. The van der Waals surface area contributed by atoms with Crippen LogP contribution in [0.1, 0.15) is 45.2 Å². The first-order chi connectivity index (χ1) is 10.4. The minimum atomic E-state index is -0.126. The number of allylic oxidation sites excluding steroid dienone is 2. The van der Waals surface area contributed by atoms with Crippen LogP contribution in [0.2, 0.25) is 0 Å². The van der Waals surface area contributed by atoms with E-state index in [1.54, 1.807) is 13.0 Å². The van der Waals surface area contributed by atoms with Crippen LogP contribution in [0.5, 0.6) is 0 Å². The smallest absolute Gasteiger partial charge is 0.253 e. The van der Waals surface area contributed by atoms with Crippen LogP contribution in [0, 0.1) is 5.92 Å². The topological polar surface area (TPSA) is 55.1 Å². The Balaban J connectivity index is 2.71. The molecule has 0 atom stereocenters. The minimum Gasteiger partial charge on any atom is -0.402 e. The molecule has 3 heteroatoms. The van der Waals surface area contributed by atoms with Crippen LogP contribution in [-0.2, 0) is 17.8 Å². The average Bonchev–Trinajstić information content (AvgIpc) is 2.45. The quantitative estimate of drug-likeness (QED) is 0.596. The van der Waals surface area contributed by atoms with Crippen molar-refractivity contribution < 1.29 is 4.79 Å². The Morgan fingerprint density at radius 2 is 2.00 bits per heavy atom. The predicted molar refractivity (Wildman–Crippen MR) is 93.1 cm³/mol. The first kappa shape index (κ1) is 18.0. The predicted octanol–water partition coefficient (Wildman–Crippen LogP) is 3.70. The highest BCUT2D eigenvalue weighted by Crippen LogP contribution is 2.11. The number of hydrogen-bond acceptors (Lipinski definition) is 2. The van der Waals surface area contributed by atoms with E-state index in [1.807, 2.05) is 25.1 Å². The molecule has 1 rings (SSSR count). The van der Waals surface area contributed by atoms with Crippen LogP contribution in [0.4, 0.5) is 0 Å². The third-order valence-corrected chi connectivity index (χ3v) is 3.28. The summed E-state index contributed by atoms with van der Waals surface area (Å²) in [5.41, 5.74) is 9.29. The largest absolute Gasteiger partial charge is 0.402 e. The van der Waals surface area contributed by atoms with Gasteiger partial charge in [-0.15, -0.1) is 0 Å². The molecule has 3 N–H and O–H groups in total. The molecule has 1 aromatic rings. The average molecular weight is 300 g/mol. The lowest BCUT2D eigenvalue weighted by molar-refractivity contribution is -0.117. The molecule has 0 heterocycles. The maximum Gasteiger partial charge on any atom is 0.253 e. The second kappa shape index (κ2) is 9.08. The maximum absolute atomic E-state index is 12.2. The van der Waals surface area contributed by atoms with Crippen LogP contribution in [0.25, 0.3) is 0 Å². The summed E-state index contributed by atoms with van der Waals surface area (Å²) in [5.74, 6) is 0.498. The zero-order valence-electron chi connectivity index (χ0n) is 14.1.